The zero-order chi connectivity index (χ0) is 23.2. The van der Waals surface area contributed by atoms with Gasteiger partial charge in [-0.3, -0.25) is 13.8 Å². The smallest absolute Gasteiger partial charge is 0.289 e. The molecule has 0 radical (unpaired) electrons. The lowest BCUT2D eigenvalue weighted by Crippen LogP contribution is -2.24. The first-order valence-electron chi connectivity index (χ1n) is 9.73. The zero-order valence-corrected chi connectivity index (χ0v) is 20.5. The number of nitrogens with zero attached hydrogens (tertiary/aromatic N) is 1. The molecular weight excluding hydrogens is 456 g/mol. The Morgan fingerprint density at radius 1 is 1.13 bits per heavy atom. The molecule has 0 fully saturated rings. The van der Waals surface area contributed by atoms with Crippen molar-refractivity contribution in [2.75, 3.05) is 24.9 Å². The van der Waals surface area contributed by atoms with Gasteiger partial charge >= 0.3 is 0 Å². The van der Waals surface area contributed by atoms with Crippen LogP contribution in [0.5, 0.6) is 0 Å². The highest BCUT2D eigenvalue weighted by Gasteiger charge is 2.24. The van der Waals surface area contributed by atoms with E-state index in [-0.39, 0.29) is 30.3 Å². The van der Waals surface area contributed by atoms with Crippen LogP contribution in [-0.4, -0.2) is 49.5 Å². The SMILES string of the molecule is CCOS(=O)(=O)CCC(C)c1cn(Cc2cc(SC)cc(SC)c2)cc1C(=O)C(N)=O. The summed E-state index contributed by atoms with van der Waals surface area (Å²) in [5, 5.41) is 0. The van der Waals surface area contributed by atoms with Crippen LogP contribution in [-0.2, 0) is 25.6 Å². The average Bonchev–Trinajstić information content (AvgIpc) is 3.14. The number of benzene rings is 1. The molecule has 31 heavy (non-hydrogen) atoms. The van der Waals surface area contributed by atoms with Crippen LogP contribution in [0.2, 0.25) is 0 Å². The lowest BCUT2D eigenvalue weighted by atomic mass is 9.96. The Balaban J connectivity index is 2.34. The molecule has 0 aliphatic rings. The van der Waals surface area contributed by atoms with Gasteiger partial charge in [0.05, 0.1) is 12.4 Å². The number of hydrogen-bond donors (Lipinski definition) is 1. The van der Waals surface area contributed by atoms with Gasteiger partial charge in [0.1, 0.15) is 0 Å². The molecule has 170 valence electrons. The van der Waals surface area contributed by atoms with Crippen LogP contribution in [0, 0.1) is 0 Å². The Morgan fingerprint density at radius 2 is 1.74 bits per heavy atom. The first-order chi connectivity index (χ1) is 14.6. The van der Waals surface area contributed by atoms with E-state index in [0.717, 1.165) is 15.4 Å². The van der Waals surface area contributed by atoms with E-state index < -0.39 is 21.8 Å². The van der Waals surface area contributed by atoms with E-state index in [1.54, 1.807) is 42.8 Å². The van der Waals surface area contributed by atoms with Gasteiger partial charge in [-0.05, 0) is 61.1 Å². The predicted octanol–water partition coefficient (Wildman–Crippen LogP) is 3.51. The van der Waals surface area contributed by atoms with Crippen LogP contribution in [0.4, 0.5) is 0 Å². The molecular formula is C21H28N2O5S3. The molecule has 1 aromatic heterocycles. The number of thioether (sulfide) groups is 2. The molecule has 0 aliphatic carbocycles. The Morgan fingerprint density at radius 3 is 2.26 bits per heavy atom. The molecule has 0 spiro atoms. The maximum atomic E-state index is 12.4. The topological polar surface area (TPSA) is 108 Å². The van der Waals surface area contributed by atoms with Crippen molar-refractivity contribution in [1.29, 1.82) is 0 Å². The number of ketones is 1. The molecule has 0 saturated carbocycles. The second-order valence-corrected chi connectivity index (χ2v) is 10.6. The van der Waals surface area contributed by atoms with Crippen molar-refractivity contribution >= 4 is 45.3 Å². The summed E-state index contributed by atoms with van der Waals surface area (Å²) in [4.78, 5) is 26.2. The van der Waals surface area contributed by atoms with Crippen LogP contribution in [0.1, 0.15) is 47.7 Å². The van der Waals surface area contributed by atoms with Crippen LogP contribution >= 0.6 is 23.5 Å². The van der Waals surface area contributed by atoms with Crippen molar-refractivity contribution in [2.45, 2.75) is 42.5 Å². The minimum Gasteiger partial charge on any atom is -0.363 e. The molecule has 1 aromatic carbocycles. The number of carbonyl (C=O) groups excluding carboxylic acids is 2. The molecule has 2 rings (SSSR count). The lowest BCUT2D eigenvalue weighted by molar-refractivity contribution is -0.114. The first-order valence-corrected chi connectivity index (χ1v) is 13.8. The number of rotatable bonds is 12. The number of carbonyl (C=O) groups is 2. The minimum atomic E-state index is -3.63. The van der Waals surface area contributed by atoms with Gasteiger partial charge in [0.2, 0.25) is 0 Å². The van der Waals surface area contributed by atoms with Crippen molar-refractivity contribution in [3.05, 3.63) is 47.3 Å². The van der Waals surface area contributed by atoms with Gasteiger partial charge < -0.3 is 10.3 Å². The Kier molecular flexibility index (Phi) is 9.23. The fraction of sp³-hybridized carbons (Fsp3) is 0.429. The number of amides is 1. The number of nitrogens with two attached hydrogens (primary N) is 1. The maximum Gasteiger partial charge on any atom is 0.289 e. The quantitative estimate of drug-likeness (QED) is 0.212. The van der Waals surface area contributed by atoms with Crippen LogP contribution < -0.4 is 5.73 Å². The van der Waals surface area contributed by atoms with Gasteiger partial charge in [-0.15, -0.1) is 23.5 Å². The second-order valence-electron chi connectivity index (χ2n) is 7.07. The summed E-state index contributed by atoms with van der Waals surface area (Å²) >= 11 is 3.30. The monoisotopic (exact) mass is 484 g/mol. The highest BCUT2D eigenvalue weighted by atomic mass is 32.2. The van der Waals surface area contributed by atoms with Gasteiger partial charge in [0, 0.05) is 34.3 Å². The number of hydrogen-bond acceptors (Lipinski definition) is 7. The molecule has 0 aliphatic heterocycles. The van der Waals surface area contributed by atoms with Crippen LogP contribution in [0.25, 0.3) is 0 Å². The molecule has 0 bridgehead atoms. The van der Waals surface area contributed by atoms with Crippen molar-refractivity contribution in [2.24, 2.45) is 5.73 Å². The molecule has 1 heterocycles. The summed E-state index contributed by atoms with van der Waals surface area (Å²) in [6.45, 7) is 4.01. The van der Waals surface area contributed by atoms with Crippen molar-refractivity contribution < 1.29 is 22.2 Å². The maximum absolute atomic E-state index is 12.4. The van der Waals surface area contributed by atoms with Crippen molar-refractivity contribution in [1.82, 2.24) is 4.57 Å². The van der Waals surface area contributed by atoms with Gasteiger partial charge in [0.15, 0.2) is 0 Å². The third-order valence-corrected chi connectivity index (χ3v) is 7.53. The molecule has 1 atom stereocenters. The van der Waals surface area contributed by atoms with E-state index in [4.69, 9.17) is 9.92 Å². The van der Waals surface area contributed by atoms with E-state index >= 15 is 0 Å². The van der Waals surface area contributed by atoms with Crippen molar-refractivity contribution in [3.63, 3.8) is 0 Å². The van der Waals surface area contributed by atoms with Gasteiger partial charge in [-0.1, -0.05) is 6.92 Å². The first kappa shape index (κ1) is 25.5. The lowest BCUT2D eigenvalue weighted by Gasteiger charge is -2.12. The van der Waals surface area contributed by atoms with Gasteiger partial charge in [0.25, 0.3) is 21.8 Å². The van der Waals surface area contributed by atoms with E-state index in [1.807, 2.05) is 24.0 Å². The highest BCUT2D eigenvalue weighted by Crippen LogP contribution is 2.28. The summed E-state index contributed by atoms with van der Waals surface area (Å²) < 4.78 is 30.4. The number of primary amides is 1. The summed E-state index contributed by atoms with van der Waals surface area (Å²) in [5.41, 5.74) is 7.10. The molecule has 1 amide bonds. The molecule has 2 aromatic rings. The predicted molar refractivity (Wildman–Crippen MR) is 126 cm³/mol. The third kappa shape index (κ3) is 7.13. The third-order valence-electron chi connectivity index (χ3n) is 4.78. The Hall–Kier alpha value is -1.75. The average molecular weight is 485 g/mol. The number of Topliss-reactive ketones (excluding diaryl/α,β-unsaturated/α-hetero) is 1. The fourth-order valence-corrected chi connectivity index (χ4v) is 5.44. The Bertz CT molecular complexity index is 1030. The summed E-state index contributed by atoms with van der Waals surface area (Å²) in [6.07, 6.45) is 7.68. The minimum absolute atomic E-state index is 0.0750. The molecule has 10 heteroatoms. The molecule has 1 unspecified atom stereocenters. The second kappa shape index (κ2) is 11.2. The Labute approximate surface area is 192 Å². The van der Waals surface area contributed by atoms with Gasteiger partial charge in [-0.2, -0.15) is 8.42 Å². The normalized spacial score (nSPS) is 12.6. The summed E-state index contributed by atoms with van der Waals surface area (Å²) in [7, 11) is -3.63. The van der Waals surface area contributed by atoms with E-state index in [2.05, 4.69) is 18.2 Å². The van der Waals surface area contributed by atoms with E-state index in [9.17, 15) is 18.0 Å². The molecule has 7 nitrogen and oxygen atoms in total. The van der Waals surface area contributed by atoms with E-state index in [0.29, 0.717) is 12.1 Å². The van der Waals surface area contributed by atoms with Crippen molar-refractivity contribution in [3.8, 4) is 0 Å². The fourth-order valence-electron chi connectivity index (χ4n) is 3.22. The summed E-state index contributed by atoms with van der Waals surface area (Å²) in [5.74, 6) is -2.28. The molecule has 2 N–H and O–H groups in total. The highest BCUT2D eigenvalue weighted by molar-refractivity contribution is 7.99. The van der Waals surface area contributed by atoms with Crippen LogP contribution in [0.3, 0.4) is 0 Å². The largest absolute Gasteiger partial charge is 0.363 e. The molecule has 0 saturated heterocycles. The zero-order valence-electron chi connectivity index (χ0n) is 18.1. The summed E-state index contributed by atoms with van der Waals surface area (Å²) in [6, 6.07) is 6.28. The van der Waals surface area contributed by atoms with Gasteiger partial charge in [-0.25, -0.2) is 0 Å². The standard InChI is InChI=1S/C21H28N2O5S3/c1-5-28-31(26,27)7-6-14(2)18-12-23(13-19(18)20(24)21(22)25)11-15-8-16(29-3)10-17(9-15)30-4/h8-10,12-14H,5-7,11H2,1-4H3,(H2,22,25). The van der Waals surface area contributed by atoms with Crippen LogP contribution in [0.15, 0.2) is 40.4 Å². The number of aromatic nitrogens is 1. The van der Waals surface area contributed by atoms with E-state index in [1.165, 1.54) is 0 Å².